The van der Waals surface area contributed by atoms with Crippen LogP contribution in [0.5, 0.6) is 0 Å². The third-order valence-corrected chi connectivity index (χ3v) is 9.92. The van der Waals surface area contributed by atoms with Gasteiger partial charge >= 0.3 is 0 Å². The summed E-state index contributed by atoms with van der Waals surface area (Å²) in [7, 11) is -4.62. The number of thiophene rings is 2. The number of halogens is 1. The minimum absolute atomic E-state index is 0.0775. The first kappa shape index (κ1) is 27.4. The molecule has 0 bridgehead atoms. The Balaban J connectivity index is 1.73. The molecule has 3 aromatic rings. The maximum absolute atomic E-state index is 14.0. The van der Waals surface area contributed by atoms with E-state index in [4.69, 9.17) is 0 Å². The molecule has 2 atom stereocenters. The van der Waals surface area contributed by atoms with E-state index in [0.29, 0.717) is 22.1 Å². The van der Waals surface area contributed by atoms with Gasteiger partial charge < -0.3 is 10.6 Å². The van der Waals surface area contributed by atoms with Crippen LogP contribution in [0.4, 0.5) is 4.39 Å². The summed E-state index contributed by atoms with van der Waals surface area (Å²) in [6.07, 6.45) is 0.736. The highest BCUT2D eigenvalue weighted by Gasteiger charge is 2.43. The average Bonchev–Trinajstić information content (AvgIpc) is 3.38. The number of hydrogen-bond donors (Lipinski definition) is 2. The van der Waals surface area contributed by atoms with Crippen LogP contribution in [0, 0.1) is 11.7 Å². The summed E-state index contributed by atoms with van der Waals surface area (Å²) in [6, 6.07) is 5.50. The number of sulfonamides is 1. The van der Waals surface area contributed by atoms with Crippen molar-refractivity contribution >= 4 is 59.7 Å². The molecule has 0 aliphatic carbocycles. The van der Waals surface area contributed by atoms with Crippen LogP contribution in [0.2, 0.25) is 0 Å². The molecule has 2 amide bonds. The van der Waals surface area contributed by atoms with E-state index in [2.05, 4.69) is 10.6 Å². The molecule has 0 saturated carbocycles. The van der Waals surface area contributed by atoms with E-state index in [1.54, 1.807) is 6.07 Å². The van der Waals surface area contributed by atoms with Crippen molar-refractivity contribution in [3.8, 4) is 0 Å². The lowest BCUT2D eigenvalue weighted by Crippen LogP contribution is -2.56. The van der Waals surface area contributed by atoms with Gasteiger partial charge in [0.15, 0.2) is 5.78 Å². The summed E-state index contributed by atoms with van der Waals surface area (Å²) in [6.45, 7) is 4.09. The second kappa shape index (κ2) is 11.4. The summed E-state index contributed by atoms with van der Waals surface area (Å²) < 4.78 is 44.0. The maximum Gasteiger partial charge on any atom is 0.267 e. The Labute approximate surface area is 222 Å². The fourth-order valence-corrected chi connectivity index (χ4v) is 7.97. The Bertz CT molecular complexity index is 1390. The van der Waals surface area contributed by atoms with Gasteiger partial charge in [0.05, 0.1) is 16.3 Å². The van der Waals surface area contributed by atoms with Gasteiger partial charge in [-0.15, -0.1) is 22.7 Å². The molecule has 1 fully saturated rings. The van der Waals surface area contributed by atoms with Crippen molar-refractivity contribution in [3.05, 3.63) is 52.5 Å². The van der Waals surface area contributed by atoms with E-state index in [1.807, 2.05) is 25.3 Å². The number of benzene rings is 1. The highest BCUT2D eigenvalue weighted by atomic mass is 32.2. The van der Waals surface area contributed by atoms with E-state index < -0.39 is 50.4 Å². The van der Waals surface area contributed by atoms with Gasteiger partial charge in [0.1, 0.15) is 17.9 Å². The topological polar surface area (TPSA) is 113 Å². The molecule has 37 heavy (non-hydrogen) atoms. The average molecular weight is 566 g/mol. The normalized spacial score (nSPS) is 17.5. The largest absolute Gasteiger partial charge is 0.339 e. The van der Waals surface area contributed by atoms with Crippen LogP contribution in [-0.2, 0) is 19.6 Å². The second-order valence-electron chi connectivity index (χ2n) is 9.31. The van der Waals surface area contributed by atoms with Crippen molar-refractivity contribution < 1.29 is 27.2 Å². The highest BCUT2D eigenvalue weighted by Crippen LogP contribution is 2.30. The first-order chi connectivity index (χ1) is 17.6. The zero-order chi connectivity index (χ0) is 26.7. The molecular formula is C25H28FN3O5S3. The third kappa shape index (κ3) is 6.08. The smallest absolute Gasteiger partial charge is 0.267 e. The predicted octanol–water partition coefficient (Wildman–Crippen LogP) is 3.79. The first-order valence-corrected chi connectivity index (χ1v) is 15.1. The molecule has 12 heteroatoms. The fourth-order valence-electron chi connectivity index (χ4n) is 4.29. The van der Waals surface area contributed by atoms with Crippen molar-refractivity contribution in [3.63, 3.8) is 0 Å². The minimum Gasteiger partial charge on any atom is -0.339 e. The Morgan fingerprint density at radius 2 is 2.00 bits per heavy atom. The predicted molar refractivity (Wildman–Crippen MR) is 142 cm³/mol. The lowest BCUT2D eigenvalue weighted by atomic mass is 10.0. The third-order valence-electron chi connectivity index (χ3n) is 6.03. The summed E-state index contributed by atoms with van der Waals surface area (Å²) in [4.78, 5) is 40.1. The van der Waals surface area contributed by atoms with Gasteiger partial charge in [0.25, 0.3) is 21.8 Å². The van der Waals surface area contributed by atoms with Crippen molar-refractivity contribution in [2.24, 2.45) is 5.92 Å². The summed E-state index contributed by atoms with van der Waals surface area (Å²) >= 11 is 2.77. The fraction of sp³-hybridized carbons (Fsp3) is 0.400. The van der Waals surface area contributed by atoms with Crippen molar-refractivity contribution in [2.75, 3.05) is 13.1 Å². The zero-order valence-electron chi connectivity index (χ0n) is 20.4. The number of nitrogens with zero attached hydrogens (tertiary/aromatic N) is 1. The molecule has 0 spiro atoms. The number of rotatable bonds is 8. The number of nitrogens with one attached hydrogen (secondary N) is 2. The molecule has 2 N–H and O–H groups in total. The summed E-state index contributed by atoms with van der Waals surface area (Å²) in [5, 5.41) is 7.57. The monoisotopic (exact) mass is 565 g/mol. The number of hydrogen-bond acceptors (Lipinski definition) is 8. The van der Waals surface area contributed by atoms with Gasteiger partial charge in [0, 0.05) is 9.40 Å². The van der Waals surface area contributed by atoms with Crippen LogP contribution in [0.15, 0.2) is 46.7 Å². The van der Waals surface area contributed by atoms with E-state index in [9.17, 15) is 27.2 Å². The number of amides is 2. The van der Waals surface area contributed by atoms with Crippen LogP contribution < -0.4 is 10.6 Å². The number of carbonyl (C=O) groups is 3. The van der Waals surface area contributed by atoms with Crippen molar-refractivity contribution in [2.45, 2.75) is 50.1 Å². The van der Waals surface area contributed by atoms with Gasteiger partial charge in [-0.3, -0.25) is 14.4 Å². The quantitative estimate of drug-likeness (QED) is 0.430. The number of carbonyl (C=O) groups excluding carboxylic acids is 3. The van der Waals surface area contributed by atoms with Crippen molar-refractivity contribution in [1.29, 1.82) is 0 Å². The molecule has 0 radical (unpaired) electrons. The second-order valence-corrected chi connectivity index (χ2v) is 13.2. The summed E-state index contributed by atoms with van der Waals surface area (Å²) in [5.74, 6) is -2.73. The Morgan fingerprint density at radius 3 is 2.70 bits per heavy atom. The molecule has 4 rings (SSSR count). The van der Waals surface area contributed by atoms with Gasteiger partial charge in [-0.25, -0.2) is 17.1 Å². The van der Waals surface area contributed by atoms with Crippen LogP contribution >= 0.6 is 22.7 Å². The molecule has 198 valence electrons. The minimum atomic E-state index is -4.62. The van der Waals surface area contributed by atoms with Crippen LogP contribution in [0.1, 0.15) is 42.8 Å². The molecular weight excluding hydrogens is 537 g/mol. The van der Waals surface area contributed by atoms with E-state index in [0.717, 1.165) is 21.5 Å². The number of ketones is 1. The SMILES string of the molecule is CC(C)C[C@H](NC(=O)c1cc2sccc2s1)C(=O)N(C1CCCNCC1=O)S(=O)(=O)c1cccc(F)c1. The Kier molecular flexibility index (Phi) is 8.42. The first-order valence-electron chi connectivity index (χ1n) is 11.9. The summed E-state index contributed by atoms with van der Waals surface area (Å²) in [5.41, 5.74) is 0. The van der Waals surface area contributed by atoms with Crippen LogP contribution in [0.3, 0.4) is 0 Å². The zero-order valence-corrected chi connectivity index (χ0v) is 22.8. The molecule has 1 unspecified atom stereocenters. The van der Waals surface area contributed by atoms with Gasteiger partial charge in [-0.05, 0) is 67.4 Å². The Morgan fingerprint density at radius 1 is 1.22 bits per heavy atom. The highest BCUT2D eigenvalue weighted by molar-refractivity contribution is 7.89. The standard InChI is InChI=1S/C25H28FN3O5S3/c1-15(2)11-18(28-24(31)23-13-22-21(36-23)8-10-35-22)25(32)29(19-7-4-9-27-14-20(19)30)37(33,34)17-6-3-5-16(26)12-17/h3,5-6,8,10,12-13,15,18-19,27H,4,7,9,11,14H2,1-2H3,(H,28,31)/t18-,19?/m0/s1. The molecule has 1 aromatic carbocycles. The lowest BCUT2D eigenvalue weighted by Gasteiger charge is -2.33. The van der Waals surface area contributed by atoms with Gasteiger partial charge in [-0.1, -0.05) is 19.9 Å². The van der Waals surface area contributed by atoms with E-state index >= 15 is 0 Å². The molecule has 3 heterocycles. The lowest BCUT2D eigenvalue weighted by molar-refractivity contribution is -0.135. The van der Waals surface area contributed by atoms with Gasteiger partial charge in [-0.2, -0.15) is 0 Å². The van der Waals surface area contributed by atoms with Crippen molar-refractivity contribution in [1.82, 2.24) is 14.9 Å². The molecule has 1 aliphatic rings. The van der Waals surface area contributed by atoms with E-state index in [-0.39, 0.29) is 25.3 Å². The number of fused-ring (bicyclic) bond motifs is 1. The van der Waals surface area contributed by atoms with Crippen LogP contribution in [0.25, 0.3) is 9.40 Å². The van der Waals surface area contributed by atoms with E-state index in [1.165, 1.54) is 34.8 Å². The molecule has 8 nitrogen and oxygen atoms in total. The number of Topliss-reactive ketones (excluding diaryl/α,β-unsaturated/α-hetero) is 1. The van der Waals surface area contributed by atoms with Gasteiger partial charge in [0.2, 0.25) is 0 Å². The molecule has 1 aliphatic heterocycles. The Hall–Kier alpha value is -2.67. The van der Waals surface area contributed by atoms with Crippen LogP contribution in [-0.4, -0.2) is 55.5 Å². The molecule has 1 saturated heterocycles. The molecule has 2 aromatic heterocycles. The maximum atomic E-state index is 14.0.